The minimum atomic E-state index is -4.38. The zero-order valence-electron chi connectivity index (χ0n) is 19.0. The highest BCUT2D eigenvalue weighted by atomic mass is 35.5. The molecule has 2 heterocycles. The molecule has 1 amide bonds. The third kappa shape index (κ3) is 4.33. The van der Waals surface area contributed by atoms with E-state index in [-0.39, 0.29) is 17.3 Å². The van der Waals surface area contributed by atoms with Crippen molar-refractivity contribution in [1.82, 2.24) is 19.9 Å². The van der Waals surface area contributed by atoms with Crippen molar-refractivity contribution in [3.05, 3.63) is 70.9 Å². The zero-order valence-corrected chi connectivity index (χ0v) is 20.6. The smallest absolute Gasteiger partial charge is 0.258 e. The molecule has 182 valence electrons. The van der Waals surface area contributed by atoms with E-state index in [4.69, 9.17) is 16.7 Å². The van der Waals surface area contributed by atoms with Crippen LogP contribution in [-0.2, 0) is 10.0 Å². The van der Waals surface area contributed by atoms with Crippen LogP contribution in [0.15, 0.2) is 59.8 Å². The summed E-state index contributed by atoms with van der Waals surface area (Å²) in [6.45, 7) is 0. The van der Waals surface area contributed by atoms with Gasteiger partial charge in [-0.3, -0.25) is 4.79 Å². The molecular formula is C25H21ClN6O3S. The van der Waals surface area contributed by atoms with Gasteiger partial charge in [0.1, 0.15) is 5.56 Å². The number of nitrogens with one attached hydrogen (secondary N) is 1. The van der Waals surface area contributed by atoms with E-state index < -0.39 is 21.0 Å². The number of nitrogens with two attached hydrogens (primary N) is 1. The van der Waals surface area contributed by atoms with Crippen molar-refractivity contribution in [2.45, 2.75) is 36.8 Å². The number of aromatic nitrogens is 3. The fraction of sp³-hybridized carbons (Fsp3) is 0.200. The van der Waals surface area contributed by atoms with Crippen LogP contribution in [0.2, 0.25) is 5.02 Å². The first-order chi connectivity index (χ1) is 17.3. The topological polar surface area (TPSA) is 143 Å². The minimum Gasteiger partial charge on any atom is -0.349 e. The van der Waals surface area contributed by atoms with E-state index in [0.717, 1.165) is 25.7 Å². The molecule has 11 heteroatoms. The average Bonchev–Trinajstić information content (AvgIpc) is 3.51. The quantitative estimate of drug-likeness (QED) is 0.408. The average molecular weight is 521 g/mol. The molecule has 1 fully saturated rings. The molecule has 0 unspecified atom stereocenters. The molecule has 0 radical (unpaired) electrons. The highest BCUT2D eigenvalue weighted by Gasteiger charge is 2.31. The molecule has 5 rings (SSSR count). The number of nitriles is 1. The van der Waals surface area contributed by atoms with Gasteiger partial charge in [0.2, 0.25) is 5.03 Å². The van der Waals surface area contributed by atoms with E-state index in [2.05, 4.69) is 21.5 Å². The van der Waals surface area contributed by atoms with E-state index in [1.54, 1.807) is 48.5 Å². The molecule has 0 aliphatic heterocycles. The number of hydrogen-bond acceptors (Lipinski definition) is 6. The molecule has 2 aromatic carbocycles. The number of carbonyl (C=O) groups excluding carboxylic acids is 1. The van der Waals surface area contributed by atoms with Gasteiger partial charge in [0.05, 0.1) is 17.3 Å². The van der Waals surface area contributed by atoms with Crippen molar-refractivity contribution in [1.29, 1.82) is 5.26 Å². The van der Waals surface area contributed by atoms with Crippen molar-refractivity contribution < 1.29 is 13.2 Å². The third-order valence-corrected chi connectivity index (χ3v) is 7.33. The Balaban J connectivity index is 1.83. The number of sulfonamides is 1. The third-order valence-electron chi connectivity index (χ3n) is 6.25. The second kappa shape index (κ2) is 9.35. The molecule has 4 aromatic rings. The summed E-state index contributed by atoms with van der Waals surface area (Å²) in [6.07, 6.45) is 5.11. The van der Waals surface area contributed by atoms with Gasteiger partial charge in [0.25, 0.3) is 15.9 Å². The van der Waals surface area contributed by atoms with Crippen molar-refractivity contribution in [3.8, 4) is 28.5 Å². The Morgan fingerprint density at radius 2 is 1.81 bits per heavy atom. The van der Waals surface area contributed by atoms with Gasteiger partial charge < -0.3 is 5.32 Å². The van der Waals surface area contributed by atoms with Crippen LogP contribution in [0.5, 0.6) is 0 Å². The Morgan fingerprint density at radius 1 is 1.11 bits per heavy atom. The Kier molecular flexibility index (Phi) is 6.22. The first-order valence-electron chi connectivity index (χ1n) is 11.3. The van der Waals surface area contributed by atoms with Gasteiger partial charge in [-0.05, 0) is 31.0 Å². The van der Waals surface area contributed by atoms with Crippen LogP contribution in [0, 0.1) is 11.3 Å². The van der Waals surface area contributed by atoms with Gasteiger partial charge >= 0.3 is 0 Å². The maximum atomic E-state index is 13.3. The van der Waals surface area contributed by atoms with Crippen LogP contribution in [0.4, 0.5) is 0 Å². The highest BCUT2D eigenvalue weighted by Crippen LogP contribution is 2.36. The molecule has 1 aliphatic carbocycles. The summed E-state index contributed by atoms with van der Waals surface area (Å²) in [5.41, 5.74) is 2.38. The van der Waals surface area contributed by atoms with E-state index in [1.807, 2.05) is 0 Å². The molecule has 0 spiro atoms. The van der Waals surface area contributed by atoms with Crippen LogP contribution in [0.3, 0.4) is 0 Å². The van der Waals surface area contributed by atoms with E-state index in [1.165, 1.54) is 10.7 Å². The lowest BCUT2D eigenvalue weighted by Gasteiger charge is -2.14. The van der Waals surface area contributed by atoms with Crippen molar-refractivity contribution >= 4 is 33.2 Å². The molecule has 36 heavy (non-hydrogen) atoms. The summed E-state index contributed by atoms with van der Waals surface area (Å²) in [5.74, 6) is -0.597. The highest BCUT2D eigenvalue weighted by molar-refractivity contribution is 7.89. The van der Waals surface area contributed by atoms with Crippen molar-refractivity contribution in [2.75, 3.05) is 0 Å². The largest absolute Gasteiger partial charge is 0.349 e. The standard InChI is InChI=1S/C25H21ClN6O3S/c26-17-11-9-15(10-12-17)22-20(19-8-4-1-5-16(19)13-27)14-29-23-21(24(33)30-18-6-2-3-7-18)25(31-32(22)23)36(28,34)35/h1,4-5,8-12,14,18H,2-3,6-7H2,(H,30,33)(H2,28,34,35). The summed E-state index contributed by atoms with van der Waals surface area (Å²) in [7, 11) is -4.38. The van der Waals surface area contributed by atoms with Crippen LogP contribution in [0.1, 0.15) is 41.6 Å². The second-order valence-corrected chi connectivity index (χ2v) is 10.5. The molecular weight excluding hydrogens is 500 g/mol. The number of halogens is 1. The van der Waals surface area contributed by atoms with Gasteiger partial charge in [-0.2, -0.15) is 10.4 Å². The van der Waals surface area contributed by atoms with Crippen LogP contribution in [0.25, 0.3) is 28.0 Å². The van der Waals surface area contributed by atoms with Crippen LogP contribution >= 0.6 is 11.6 Å². The molecule has 9 nitrogen and oxygen atoms in total. The number of amides is 1. The fourth-order valence-corrected chi connectivity index (χ4v) is 5.38. The predicted molar refractivity (Wildman–Crippen MR) is 135 cm³/mol. The maximum Gasteiger partial charge on any atom is 0.258 e. The minimum absolute atomic E-state index is 0.0395. The zero-order chi connectivity index (χ0) is 25.4. The number of hydrogen-bond donors (Lipinski definition) is 2. The predicted octanol–water partition coefficient (Wildman–Crippen LogP) is 3.91. The molecule has 1 saturated carbocycles. The molecule has 3 N–H and O–H groups in total. The van der Waals surface area contributed by atoms with E-state index >= 15 is 0 Å². The summed E-state index contributed by atoms with van der Waals surface area (Å²) in [6, 6.07) is 15.9. The lowest BCUT2D eigenvalue weighted by atomic mass is 9.97. The summed E-state index contributed by atoms with van der Waals surface area (Å²) in [4.78, 5) is 17.8. The van der Waals surface area contributed by atoms with Gasteiger partial charge in [-0.25, -0.2) is 23.1 Å². The Bertz CT molecular complexity index is 1640. The number of nitrogens with zero attached hydrogens (tertiary/aromatic N) is 4. The Hall–Kier alpha value is -3.78. The monoisotopic (exact) mass is 520 g/mol. The number of fused-ring (bicyclic) bond motifs is 1. The van der Waals surface area contributed by atoms with Crippen molar-refractivity contribution in [2.24, 2.45) is 5.14 Å². The normalized spacial score (nSPS) is 14.1. The summed E-state index contributed by atoms with van der Waals surface area (Å²) >= 11 is 6.11. The van der Waals surface area contributed by atoms with Crippen LogP contribution in [-0.4, -0.2) is 35.0 Å². The number of carbonyl (C=O) groups is 1. The first kappa shape index (κ1) is 23.9. The van der Waals surface area contributed by atoms with Gasteiger partial charge in [0, 0.05) is 34.0 Å². The summed E-state index contributed by atoms with van der Waals surface area (Å²) < 4.78 is 26.4. The van der Waals surface area contributed by atoms with Crippen LogP contribution < -0.4 is 10.5 Å². The Labute approximate surface area is 212 Å². The lowest BCUT2D eigenvalue weighted by molar-refractivity contribution is 0.0936. The number of benzene rings is 2. The molecule has 2 aromatic heterocycles. The Morgan fingerprint density at radius 3 is 2.47 bits per heavy atom. The second-order valence-electron chi connectivity index (χ2n) is 8.60. The van der Waals surface area contributed by atoms with Gasteiger partial charge in [0.15, 0.2) is 5.65 Å². The van der Waals surface area contributed by atoms with Crippen molar-refractivity contribution in [3.63, 3.8) is 0 Å². The van der Waals surface area contributed by atoms with E-state index in [0.29, 0.717) is 33.0 Å². The molecule has 1 aliphatic rings. The van der Waals surface area contributed by atoms with Gasteiger partial charge in [-0.1, -0.05) is 54.8 Å². The maximum absolute atomic E-state index is 13.3. The molecule has 0 bridgehead atoms. The first-order valence-corrected chi connectivity index (χ1v) is 13.2. The fourth-order valence-electron chi connectivity index (χ4n) is 4.59. The summed E-state index contributed by atoms with van der Waals surface area (Å²) in [5, 5.41) is 22.3. The SMILES string of the molecule is N#Cc1ccccc1-c1cnc2c(C(=O)NC3CCCC3)c(S(N)(=O)=O)nn2c1-c1ccc(Cl)cc1. The number of rotatable bonds is 5. The van der Waals surface area contributed by atoms with Gasteiger partial charge in [-0.15, -0.1) is 0 Å². The number of primary sulfonamides is 1. The lowest BCUT2D eigenvalue weighted by Crippen LogP contribution is -2.33. The molecule has 0 saturated heterocycles. The molecule has 0 atom stereocenters. The van der Waals surface area contributed by atoms with E-state index in [9.17, 15) is 18.5 Å².